The van der Waals surface area contributed by atoms with Crippen LogP contribution in [0, 0.1) is 5.92 Å². The lowest BCUT2D eigenvalue weighted by atomic mass is 9.89. The number of aromatic nitrogens is 2. The van der Waals surface area contributed by atoms with Gasteiger partial charge in [-0.15, -0.1) is 16.4 Å². The van der Waals surface area contributed by atoms with E-state index in [0.717, 1.165) is 17.7 Å². The number of hydrogen-bond donors (Lipinski definition) is 4. The molecule has 4 N–H and O–H groups in total. The zero-order valence-corrected chi connectivity index (χ0v) is 22.7. The van der Waals surface area contributed by atoms with E-state index >= 15 is 0 Å². The van der Waals surface area contributed by atoms with Crippen molar-refractivity contribution in [2.75, 3.05) is 17.7 Å². The van der Waals surface area contributed by atoms with Crippen LogP contribution in [0.3, 0.4) is 0 Å². The molecular formula is C22H28F2N6O4S3. The second-order valence-electron chi connectivity index (χ2n) is 9.74. The molecule has 1 atom stereocenters. The van der Waals surface area contributed by atoms with Crippen LogP contribution in [0.2, 0.25) is 0 Å². The van der Waals surface area contributed by atoms with Crippen molar-refractivity contribution in [3.8, 4) is 5.88 Å². The third-order valence-corrected chi connectivity index (χ3v) is 9.91. The summed E-state index contributed by atoms with van der Waals surface area (Å²) in [5.41, 5.74) is 0.587. The summed E-state index contributed by atoms with van der Waals surface area (Å²) in [5, 5.41) is 13.9. The molecule has 2 aromatic heterocycles. The van der Waals surface area contributed by atoms with E-state index in [4.69, 9.17) is 17.0 Å². The van der Waals surface area contributed by atoms with Gasteiger partial charge in [0.05, 0.1) is 7.11 Å². The average Bonchev–Trinajstić information content (AvgIpc) is 3.49. The minimum Gasteiger partial charge on any atom is -0.480 e. The van der Waals surface area contributed by atoms with E-state index in [1.807, 2.05) is 0 Å². The van der Waals surface area contributed by atoms with E-state index in [2.05, 4.69) is 25.8 Å². The Morgan fingerprint density at radius 1 is 1.24 bits per heavy atom. The summed E-state index contributed by atoms with van der Waals surface area (Å²) in [4.78, 5) is 13.3. The minimum absolute atomic E-state index is 0.0153. The highest BCUT2D eigenvalue weighted by molar-refractivity contribution is 7.90. The molecule has 0 bridgehead atoms. The fourth-order valence-corrected chi connectivity index (χ4v) is 8.11. The molecule has 15 heteroatoms. The second kappa shape index (κ2) is 9.75. The van der Waals surface area contributed by atoms with Gasteiger partial charge >= 0.3 is 0 Å². The quantitative estimate of drug-likeness (QED) is 0.355. The standard InChI is InChI=1S/C22H28F2N6O4S3/c1-30-16(8-17(28-30)34-2)26-21(35)25-12-5-6-15-14(7-12)18(20(36-15)27-19(31)11-3-4-11)37(32,33)29-13-9-22(23,24)10-13/h8,11-13,29H,3-7,9-10H2,1-2H3,(H,27,31)(H2,25,26,35)/t12-/m0/s1. The van der Waals surface area contributed by atoms with Gasteiger partial charge in [0.25, 0.3) is 5.92 Å². The molecule has 3 aliphatic carbocycles. The van der Waals surface area contributed by atoms with Gasteiger partial charge in [0, 0.05) is 48.8 Å². The first-order valence-corrected chi connectivity index (χ1v) is 14.7. The van der Waals surface area contributed by atoms with Gasteiger partial charge in [-0.2, -0.15) is 0 Å². The van der Waals surface area contributed by atoms with Crippen molar-refractivity contribution in [3.05, 3.63) is 16.5 Å². The van der Waals surface area contributed by atoms with Crippen molar-refractivity contribution >= 4 is 55.4 Å². The second-order valence-corrected chi connectivity index (χ2v) is 12.9. The summed E-state index contributed by atoms with van der Waals surface area (Å²) in [6.45, 7) is 0. The number of methoxy groups -OCH3 is 1. The van der Waals surface area contributed by atoms with Crippen molar-refractivity contribution in [1.29, 1.82) is 0 Å². The monoisotopic (exact) mass is 574 g/mol. The van der Waals surface area contributed by atoms with Crippen molar-refractivity contribution < 1.29 is 26.7 Å². The number of amides is 1. The number of aryl methyl sites for hydroxylation is 2. The zero-order valence-electron chi connectivity index (χ0n) is 20.3. The van der Waals surface area contributed by atoms with E-state index < -0.39 is 34.8 Å². The molecule has 37 heavy (non-hydrogen) atoms. The number of nitrogens with one attached hydrogen (secondary N) is 4. The van der Waals surface area contributed by atoms with E-state index in [1.54, 1.807) is 17.8 Å². The molecule has 2 aromatic rings. The largest absolute Gasteiger partial charge is 0.480 e. The number of carbonyl (C=O) groups is 1. The Balaban J connectivity index is 1.35. The average molecular weight is 575 g/mol. The van der Waals surface area contributed by atoms with Gasteiger partial charge in [0.1, 0.15) is 15.7 Å². The number of nitrogens with zero attached hydrogens (tertiary/aromatic N) is 2. The van der Waals surface area contributed by atoms with E-state index in [-0.39, 0.29) is 27.8 Å². The maximum atomic E-state index is 13.4. The van der Waals surface area contributed by atoms with E-state index in [9.17, 15) is 22.0 Å². The molecule has 2 heterocycles. The number of hydrogen-bond acceptors (Lipinski definition) is 7. The normalized spacial score (nSPS) is 21.0. The van der Waals surface area contributed by atoms with Gasteiger partial charge < -0.3 is 20.7 Å². The molecule has 0 saturated heterocycles. The van der Waals surface area contributed by atoms with Gasteiger partial charge in [-0.05, 0) is 49.9 Å². The lowest BCUT2D eigenvalue weighted by Gasteiger charge is -2.35. The maximum absolute atomic E-state index is 13.4. The SMILES string of the molecule is COc1cc(NC(=S)N[C@H]2CCc3sc(NC(=O)C4CC4)c(S(=O)(=O)NC4CC(F)(F)C4)c3C2)n(C)n1. The molecule has 0 radical (unpaired) electrons. The summed E-state index contributed by atoms with van der Waals surface area (Å²) >= 11 is 6.71. The maximum Gasteiger partial charge on any atom is 0.251 e. The van der Waals surface area contributed by atoms with E-state index in [0.29, 0.717) is 41.6 Å². The third kappa shape index (κ3) is 5.73. The van der Waals surface area contributed by atoms with Crippen LogP contribution >= 0.6 is 23.6 Å². The van der Waals surface area contributed by atoms with Crippen LogP contribution in [-0.2, 0) is 34.7 Å². The number of rotatable bonds is 8. The molecule has 1 amide bonds. The first-order valence-electron chi connectivity index (χ1n) is 11.9. The van der Waals surface area contributed by atoms with Gasteiger partial charge in [-0.1, -0.05) is 0 Å². The highest BCUT2D eigenvalue weighted by Gasteiger charge is 2.48. The van der Waals surface area contributed by atoms with Gasteiger partial charge in [-0.3, -0.25) is 4.79 Å². The molecule has 2 fully saturated rings. The van der Waals surface area contributed by atoms with Crippen molar-refractivity contribution in [1.82, 2.24) is 19.8 Å². The smallest absolute Gasteiger partial charge is 0.251 e. The lowest BCUT2D eigenvalue weighted by molar-refractivity contribution is -0.117. The van der Waals surface area contributed by atoms with Gasteiger partial charge in [0.2, 0.25) is 21.8 Å². The molecular weight excluding hydrogens is 546 g/mol. The fourth-order valence-electron chi connectivity index (χ4n) is 4.62. The van der Waals surface area contributed by atoms with Crippen molar-refractivity contribution in [2.45, 2.75) is 67.8 Å². The molecule has 3 aliphatic rings. The molecule has 0 aliphatic heterocycles. The topological polar surface area (TPSA) is 126 Å². The Bertz CT molecular complexity index is 1330. The van der Waals surface area contributed by atoms with E-state index in [1.165, 1.54) is 18.4 Å². The Hall–Kier alpha value is -2.36. The summed E-state index contributed by atoms with van der Waals surface area (Å²) in [5.74, 6) is -2.13. The number of halogens is 2. The van der Waals surface area contributed by atoms with Crippen LogP contribution in [0.4, 0.5) is 19.6 Å². The molecule has 0 spiro atoms. The van der Waals surface area contributed by atoms with Crippen molar-refractivity contribution in [2.24, 2.45) is 13.0 Å². The van der Waals surface area contributed by atoms with Crippen molar-refractivity contribution in [3.63, 3.8) is 0 Å². The highest BCUT2D eigenvalue weighted by atomic mass is 32.2. The molecule has 2 saturated carbocycles. The zero-order chi connectivity index (χ0) is 26.5. The number of thiocarbonyl (C=S) groups is 1. The first-order chi connectivity index (χ1) is 17.4. The first kappa shape index (κ1) is 26.3. The molecule has 202 valence electrons. The van der Waals surface area contributed by atoms with Gasteiger partial charge in [0.15, 0.2) is 5.11 Å². The Kier molecular flexibility index (Phi) is 6.92. The Labute approximate surface area is 222 Å². The predicted octanol–water partition coefficient (Wildman–Crippen LogP) is 2.76. The number of carbonyl (C=O) groups excluding carboxylic acids is 1. The number of thiophene rings is 1. The Morgan fingerprint density at radius 3 is 2.59 bits per heavy atom. The summed E-state index contributed by atoms with van der Waals surface area (Å²) in [6.07, 6.45) is 2.10. The van der Waals surface area contributed by atoms with Crippen LogP contribution in [0.1, 0.15) is 42.5 Å². The highest BCUT2D eigenvalue weighted by Crippen LogP contribution is 2.44. The van der Waals surface area contributed by atoms with Crippen LogP contribution in [0.25, 0.3) is 0 Å². The molecule has 5 rings (SSSR count). The Morgan fingerprint density at radius 2 is 1.97 bits per heavy atom. The van der Waals surface area contributed by atoms with Crippen LogP contribution < -0.4 is 25.4 Å². The van der Waals surface area contributed by atoms with Crippen LogP contribution in [-0.4, -0.2) is 54.3 Å². The third-order valence-electron chi connectivity index (χ3n) is 6.72. The van der Waals surface area contributed by atoms with Gasteiger partial charge in [-0.25, -0.2) is 26.6 Å². The summed E-state index contributed by atoms with van der Waals surface area (Å²) in [6, 6.07) is 0.681. The summed E-state index contributed by atoms with van der Waals surface area (Å²) in [7, 11) is -0.889. The number of ether oxygens (including phenoxy) is 1. The van der Waals surface area contributed by atoms with Crippen LogP contribution in [0.5, 0.6) is 5.88 Å². The fraction of sp³-hybridized carbons (Fsp3) is 0.591. The molecule has 0 unspecified atom stereocenters. The number of sulfonamides is 1. The lowest BCUT2D eigenvalue weighted by Crippen LogP contribution is -2.50. The molecule has 0 aromatic carbocycles. The number of alkyl halides is 2. The summed E-state index contributed by atoms with van der Waals surface area (Å²) < 4.78 is 62.7. The number of fused-ring (bicyclic) bond motifs is 1. The predicted molar refractivity (Wildman–Crippen MR) is 139 cm³/mol. The van der Waals surface area contributed by atoms with Crippen LogP contribution in [0.15, 0.2) is 11.0 Å². The molecule has 10 nitrogen and oxygen atoms in total. The number of anilines is 2. The minimum atomic E-state index is -4.15.